The molecule has 0 radical (unpaired) electrons. The minimum absolute atomic E-state index is 0.396. The highest BCUT2D eigenvalue weighted by Crippen LogP contribution is 2.24. The van der Waals surface area contributed by atoms with Crippen molar-refractivity contribution in [2.45, 2.75) is 19.8 Å². The van der Waals surface area contributed by atoms with Crippen molar-refractivity contribution in [3.8, 4) is 0 Å². The molecule has 0 unspecified atom stereocenters. The summed E-state index contributed by atoms with van der Waals surface area (Å²) in [6, 6.07) is 0. The van der Waals surface area contributed by atoms with E-state index < -0.39 is 0 Å². The minimum atomic E-state index is 0.396. The van der Waals surface area contributed by atoms with Gasteiger partial charge in [0, 0.05) is 19.1 Å². The molecular formula is C8H17NO. The molecule has 0 bridgehead atoms. The summed E-state index contributed by atoms with van der Waals surface area (Å²) in [5.41, 5.74) is 0.396. The second-order valence-corrected chi connectivity index (χ2v) is 3.52. The monoisotopic (exact) mass is 143 g/mol. The largest absolute Gasteiger partial charge is 0.384 e. The van der Waals surface area contributed by atoms with Crippen LogP contribution in [0.25, 0.3) is 0 Å². The summed E-state index contributed by atoms with van der Waals surface area (Å²) < 4.78 is 5.14. The fourth-order valence-corrected chi connectivity index (χ4v) is 1.59. The van der Waals surface area contributed by atoms with E-state index >= 15 is 0 Å². The van der Waals surface area contributed by atoms with Crippen LogP contribution in [0, 0.1) is 5.41 Å². The van der Waals surface area contributed by atoms with E-state index in [4.69, 9.17) is 4.74 Å². The topological polar surface area (TPSA) is 21.3 Å². The van der Waals surface area contributed by atoms with Crippen molar-refractivity contribution in [3.05, 3.63) is 0 Å². The van der Waals surface area contributed by atoms with Gasteiger partial charge in [-0.25, -0.2) is 0 Å². The molecule has 0 spiro atoms. The first kappa shape index (κ1) is 8.02. The Bertz CT molecular complexity index is 91.9. The molecule has 2 nitrogen and oxygen atoms in total. The van der Waals surface area contributed by atoms with Gasteiger partial charge in [-0.05, 0) is 19.4 Å². The van der Waals surface area contributed by atoms with E-state index in [2.05, 4.69) is 12.2 Å². The second kappa shape index (κ2) is 3.35. The molecule has 1 aliphatic heterocycles. The van der Waals surface area contributed by atoms with Crippen molar-refractivity contribution in [2.75, 3.05) is 26.8 Å². The molecule has 60 valence electrons. The van der Waals surface area contributed by atoms with E-state index in [9.17, 15) is 0 Å². The average molecular weight is 143 g/mol. The zero-order valence-electron chi connectivity index (χ0n) is 6.94. The molecular weight excluding hydrogens is 126 g/mol. The maximum absolute atomic E-state index is 5.14. The molecule has 2 heteroatoms. The van der Waals surface area contributed by atoms with Crippen molar-refractivity contribution in [3.63, 3.8) is 0 Å². The summed E-state index contributed by atoms with van der Waals surface area (Å²) in [5, 5.41) is 3.38. The lowest BCUT2D eigenvalue weighted by Crippen LogP contribution is -2.40. The van der Waals surface area contributed by atoms with Crippen molar-refractivity contribution in [2.24, 2.45) is 5.41 Å². The van der Waals surface area contributed by atoms with Crippen LogP contribution in [0.4, 0.5) is 0 Å². The summed E-state index contributed by atoms with van der Waals surface area (Å²) >= 11 is 0. The van der Waals surface area contributed by atoms with Crippen LogP contribution in [0.2, 0.25) is 0 Å². The normalized spacial score (nSPS) is 34.2. The van der Waals surface area contributed by atoms with Gasteiger partial charge >= 0.3 is 0 Å². The van der Waals surface area contributed by atoms with Crippen molar-refractivity contribution in [1.82, 2.24) is 5.32 Å². The molecule has 1 rings (SSSR count). The first-order chi connectivity index (χ1) is 4.77. The fraction of sp³-hybridized carbons (Fsp3) is 1.00. The molecule has 10 heavy (non-hydrogen) atoms. The molecule has 1 saturated heterocycles. The summed E-state index contributed by atoms with van der Waals surface area (Å²) in [5.74, 6) is 0. The Morgan fingerprint density at radius 1 is 1.60 bits per heavy atom. The molecule has 1 N–H and O–H groups in total. The van der Waals surface area contributed by atoms with Crippen LogP contribution in [0.5, 0.6) is 0 Å². The molecule has 0 aromatic carbocycles. The predicted molar refractivity (Wildman–Crippen MR) is 42.1 cm³/mol. The number of hydrogen-bond donors (Lipinski definition) is 1. The van der Waals surface area contributed by atoms with Crippen LogP contribution < -0.4 is 5.32 Å². The molecule has 1 atom stereocenters. The average Bonchev–Trinajstić information content (AvgIpc) is 1.89. The first-order valence-electron chi connectivity index (χ1n) is 3.96. The van der Waals surface area contributed by atoms with Crippen LogP contribution in [0.1, 0.15) is 19.8 Å². The minimum Gasteiger partial charge on any atom is -0.384 e. The van der Waals surface area contributed by atoms with Crippen molar-refractivity contribution >= 4 is 0 Å². The standard InChI is InChI=1S/C8H17NO/c1-8(7-10-2)4-3-5-9-6-8/h9H,3-7H2,1-2H3/t8-/m1/s1. The molecule has 0 amide bonds. The molecule has 0 aliphatic carbocycles. The maximum atomic E-state index is 5.14. The number of methoxy groups -OCH3 is 1. The lowest BCUT2D eigenvalue weighted by atomic mass is 9.84. The molecule has 0 saturated carbocycles. The van der Waals surface area contributed by atoms with Gasteiger partial charge in [0.1, 0.15) is 0 Å². The Morgan fingerprint density at radius 2 is 2.40 bits per heavy atom. The smallest absolute Gasteiger partial charge is 0.0528 e. The Morgan fingerprint density at radius 3 is 2.90 bits per heavy atom. The first-order valence-corrected chi connectivity index (χ1v) is 3.96. The second-order valence-electron chi connectivity index (χ2n) is 3.52. The third-order valence-electron chi connectivity index (χ3n) is 2.18. The third-order valence-corrected chi connectivity index (χ3v) is 2.18. The predicted octanol–water partition coefficient (Wildman–Crippen LogP) is 1.02. The van der Waals surface area contributed by atoms with Gasteiger partial charge in [0.05, 0.1) is 6.61 Å². The van der Waals surface area contributed by atoms with E-state index in [1.807, 2.05) is 0 Å². The molecule has 1 heterocycles. The van der Waals surface area contributed by atoms with E-state index in [1.165, 1.54) is 19.4 Å². The van der Waals surface area contributed by atoms with Gasteiger partial charge < -0.3 is 10.1 Å². The van der Waals surface area contributed by atoms with Crippen LogP contribution in [-0.4, -0.2) is 26.8 Å². The van der Waals surface area contributed by atoms with Crippen LogP contribution in [-0.2, 0) is 4.74 Å². The summed E-state index contributed by atoms with van der Waals surface area (Å²) in [6.45, 7) is 5.46. The number of piperidine rings is 1. The van der Waals surface area contributed by atoms with Gasteiger partial charge in [0.25, 0.3) is 0 Å². The van der Waals surface area contributed by atoms with Crippen molar-refractivity contribution in [1.29, 1.82) is 0 Å². The van der Waals surface area contributed by atoms with Gasteiger partial charge in [-0.2, -0.15) is 0 Å². The lowest BCUT2D eigenvalue weighted by Gasteiger charge is -2.33. The van der Waals surface area contributed by atoms with Crippen LogP contribution >= 0.6 is 0 Å². The van der Waals surface area contributed by atoms with Gasteiger partial charge in [-0.1, -0.05) is 6.92 Å². The zero-order valence-corrected chi connectivity index (χ0v) is 6.94. The highest BCUT2D eigenvalue weighted by Gasteiger charge is 2.25. The Balaban J connectivity index is 2.32. The van der Waals surface area contributed by atoms with E-state index in [0.717, 1.165) is 13.2 Å². The molecule has 0 aromatic rings. The number of hydrogen-bond acceptors (Lipinski definition) is 2. The summed E-state index contributed by atoms with van der Waals surface area (Å²) in [4.78, 5) is 0. The molecule has 1 fully saturated rings. The van der Waals surface area contributed by atoms with Gasteiger partial charge in [-0.3, -0.25) is 0 Å². The Kier molecular flexibility index (Phi) is 2.69. The van der Waals surface area contributed by atoms with E-state index in [-0.39, 0.29) is 0 Å². The summed E-state index contributed by atoms with van der Waals surface area (Å²) in [7, 11) is 1.78. The van der Waals surface area contributed by atoms with Crippen molar-refractivity contribution < 1.29 is 4.74 Å². The van der Waals surface area contributed by atoms with Gasteiger partial charge in [-0.15, -0.1) is 0 Å². The van der Waals surface area contributed by atoms with Gasteiger partial charge in [0.15, 0.2) is 0 Å². The van der Waals surface area contributed by atoms with Crippen LogP contribution in [0.15, 0.2) is 0 Å². The molecule has 0 aromatic heterocycles. The highest BCUT2D eigenvalue weighted by molar-refractivity contribution is 4.80. The maximum Gasteiger partial charge on any atom is 0.0528 e. The quantitative estimate of drug-likeness (QED) is 0.623. The zero-order chi connectivity index (χ0) is 7.45. The fourth-order valence-electron chi connectivity index (χ4n) is 1.59. The summed E-state index contributed by atoms with van der Waals surface area (Å²) in [6.07, 6.45) is 2.59. The highest BCUT2D eigenvalue weighted by atomic mass is 16.5. The number of rotatable bonds is 2. The third kappa shape index (κ3) is 1.96. The Hall–Kier alpha value is -0.0800. The lowest BCUT2D eigenvalue weighted by molar-refractivity contribution is 0.0724. The van der Waals surface area contributed by atoms with E-state index in [0.29, 0.717) is 5.41 Å². The van der Waals surface area contributed by atoms with E-state index in [1.54, 1.807) is 7.11 Å². The number of nitrogens with one attached hydrogen (secondary N) is 1. The SMILES string of the molecule is COC[C@]1(C)CCCNC1. The molecule has 1 aliphatic rings. The van der Waals surface area contributed by atoms with Crippen LogP contribution in [0.3, 0.4) is 0 Å². The number of ether oxygens (including phenoxy) is 1. The Labute approximate surface area is 63.0 Å². The van der Waals surface area contributed by atoms with Gasteiger partial charge in [0.2, 0.25) is 0 Å².